The zero-order valence-electron chi connectivity index (χ0n) is 17.0. The maximum absolute atomic E-state index is 10.6. The predicted molar refractivity (Wildman–Crippen MR) is 117 cm³/mol. The van der Waals surface area contributed by atoms with Crippen LogP contribution in [0.3, 0.4) is 0 Å². The molecule has 5 nitrogen and oxygen atoms in total. The van der Waals surface area contributed by atoms with Crippen molar-refractivity contribution >= 4 is 29.2 Å². The van der Waals surface area contributed by atoms with Crippen molar-refractivity contribution in [2.45, 2.75) is 51.0 Å². The summed E-state index contributed by atoms with van der Waals surface area (Å²) in [5.41, 5.74) is 0. The summed E-state index contributed by atoms with van der Waals surface area (Å²) in [7, 11) is 0. The SMILES string of the molecule is O=C(O)CCCCN1CCC(CN2CCC(Oc3ccc(Cl)c(Cl)c3)CC2)CC1. The number of piperidine rings is 2. The summed E-state index contributed by atoms with van der Waals surface area (Å²) < 4.78 is 6.09. The van der Waals surface area contributed by atoms with Gasteiger partial charge < -0.3 is 19.6 Å². The number of likely N-dealkylation sites (tertiary alicyclic amines) is 2. The molecule has 0 atom stereocenters. The van der Waals surface area contributed by atoms with Gasteiger partial charge in [0.2, 0.25) is 0 Å². The van der Waals surface area contributed by atoms with E-state index in [0.717, 1.165) is 70.1 Å². The van der Waals surface area contributed by atoms with Gasteiger partial charge in [0, 0.05) is 32.1 Å². The van der Waals surface area contributed by atoms with Crippen LogP contribution in [0, 0.1) is 5.92 Å². The lowest BCUT2D eigenvalue weighted by atomic mass is 9.95. The van der Waals surface area contributed by atoms with Gasteiger partial charge in [-0.1, -0.05) is 23.2 Å². The zero-order valence-corrected chi connectivity index (χ0v) is 18.5. The maximum Gasteiger partial charge on any atom is 0.303 e. The van der Waals surface area contributed by atoms with Gasteiger partial charge in [-0.2, -0.15) is 0 Å². The normalized spacial score (nSPS) is 20.1. The van der Waals surface area contributed by atoms with Crippen LogP contribution < -0.4 is 4.74 Å². The molecule has 0 amide bonds. The Morgan fingerprint density at radius 1 is 1.00 bits per heavy atom. The first-order valence-electron chi connectivity index (χ1n) is 10.8. The second kappa shape index (κ2) is 11.4. The summed E-state index contributed by atoms with van der Waals surface area (Å²) in [5, 5.41) is 9.81. The van der Waals surface area contributed by atoms with Gasteiger partial charge in [0.05, 0.1) is 10.0 Å². The van der Waals surface area contributed by atoms with Crippen LogP contribution in [-0.4, -0.2) is 66.2 Å². The Morgan fingerprint density at radius 2 is 1.69 bits per heavy atom. The lowest BCUT2D eigenvalue weighted by Crippen LogP contribution is -2.43. The number of carbonyl (C=O) groups is 1. The largest absolute Gasteiger partial charge is 0.490 e. The van der Waals surface area contributed by atoms with Crippen LogP contribution in [0.2, 0.25) is 10.0 Å². The van der Waals surface area contributed by atoms with E-state index in [0.29, 0.717) is 16.5 Å². The molecule has 29 heavy (non-hydrogen) atoms. The van der Waals surface area contributed by atoms with Gasteiger partial charge in [0.25, 0.3) is 0 Å². The smallest absolute Gasteiger partial charge is 0.303 e. The molecule has 0 aliphatic carbocycles. The summed E-state index contributed by atoms with van der Waals surface area (Å²) in [5.74, 6) is 0.890. The minimum absolute atomic E-state index is 0.246. The molecule has 2 fully saturated rings. The molecule has 2 aliphatic rings. The molecule has 1 aromatic carbocycles. The van der Waals surface area contributed by atoms with E-state index in [1.54, 1.807) is 12.1 Å². The number of hydrogen-bond acceptors (Lipinski definition) is 4. The summed E-state index contributed by atoms with van der Waals surface area (Å²) in [4.78, 5) is 15.7. The first kappa shape index (κ1) is 22.7. The summed E-state index contributed by atoms with van der Waals surface area (Å²) in [6, 6.07) is 5.47. The number of carboxylic acid groups (broad SMARTS) is 1. The molecule has 2 aliphatic heterocycles. The van der Waals surface area contributed by atoms with Crippen LogP contribution in [0.25, 0.3) is 0 Å². The quantitative estimate of drug-likeness (QED) is 0.556. The summed E-state index contributed by atoms with van der Waals surface area (Å²) in [6.45, 7) is 6.69. The third-order valence-electron chi connectivity index (χ3n) is 6.07. The van der Waals surface area contributed by atoms with E-state index < -0.39 is 5.97 Å². The molecule has 0 unspecified atom stereocenters. The number of hydrogen-bond donors (Lipinski definition) is 1. The van der Waals surface area contributed by atoms with Crippen molar-refractivity contribution in [1.82, 2.24) is 9.80 Å². The molecule has 162 valence electrons. The van der Waals surface area contributed by atoms with Gasteiger partial charge in [0.1, 0.15) is 11.9 Å². The first-order chi connectivity index (χ1) is 14.0. The predicted octanol–water partition coefficient (Wildman–Crippen LogP) is 4.80. The molecular formula is C22H32Cl2N2O3. The van der Waals surface area contributed by atoms with E-state index >= 15 is 0 Å². The highest BCUT2D eigenvalue weighted by Gasteiger charge is 2.25. The Morgan fingerprint density at radius 3 is 2.34 bits per heavy atom. The Kier molecular flexibility index (Phi) is 8.91. The Balaban J connectivity index is 1.30. The van der Waals surface area contributed by atoms with Crippen molar-refractivity contribution in [2.75, 3.05) is 39.3 Å². The van der Waals surface area contributed by atoms with Crippen LogP contribution in [0.15, 0.2) is 18.2 Å². The van der Waals surface area contributed by atoms with Crippen LogP contribution in [0.4, 0.5) is 0 Å². The molecule has 2 saturated heterocycles. The van der Waals surface area contributed by atoms with Gasteiger partial charge in [-0.05, 0) is 76.2 Å². The van der Waals surface area contributed by atoms with Crippen LogP contribution in [-0.2, 0) is 4.79 Å². The Hall–Kier alpha value is -1.01. The molecule has 3 rings (SSSR count). The Labute approximate surface area is 183 Å². The molecule has 1 aromatic rings. The van der Waals surface area contributed by atoms with E-state index in [9.17, 15) is 4.79 Å². The summed E-state index contributed by atoms with van der Waals surface area (Å²) >= 11 is 12.0. The fourth-order valence-electron chi connectivity index (χ4n) is 4.32. The molecule has 1 N–H and O–H groups in total. The van der Waals surface area contributed by atoms with E-state index in [1.807, 2.05) is 6.07 Å². The van der Waals surface area contributed by atoms with Gasteiger partial charge in [-0.3, -0.25) is 4.79 Å². The number of carboxylic acids is 1. The molecule has 2 heterocycles. The van der Waals surface area contributed by atoms with Crippen LogP contribution in [0.5, 0.6) is 5.75 Å². The van der Waals surface area contributed by atoms with Crippen molar-refractivity contribution in [3.05, 3.63) is 28.2 Å². The number of halogens is 2. The highest BCUT2D eigenvalue weighted by molar-refractivity contribution is 6.42. The van der Waals surface area contributed by atoms with Crippen molar-refractivity contribution in [1.29, 1.82) is 0 Å². The average molecular weight is 443 g/mol. The van der Waals surface area contributed by atoms with Crippen LogP contribution in [0.1, 0.15) is 44.9 Å². The number of unbranched alkanes of at least 4 members (excludes halogenated alkanes) is 1. The molecular weight excluding hydrogens is 411 g/mol. The molecule has 0 radical (unpaired) electrons. The van der Waals surface area contributed by atoms with Crippen molar-refractivity contribution in [3.8, 4) is 5.75 Å². The van der Waals surface area contributed by atoms with E-state index in [1.165, 1.54) is 19.4 Å². The van der Waals surface area contributed by atoms with Gasteiger partial charge >= 0.3 is 5.97 Å². The van der Waals surface area contributed by atoms with Crippen molar-refractivity contribution in [3.63, 3.8) is 0 Å². The van der Waals surface area contributed by atoms with Gasteiger partial charge in [-0.15, -0.1) is 0 Å². The highest BCUT2D eigenvalue weighted by Crippen LogP contribution is 2.28. The number of aliphatic carboxylic acids is 1. The summed E-state index contributed by atoms with van der Waals surface area (Å²) in [6.07, 6.45) is 6.90. The monoisotopic (exact) mass is 442 g/mol. The third-order valence-corrected chi connectivity index (χ3v) is 6.81. The van der Waals surface area contributed by atoms with E-state index in [4.69, 9.17) is 33.0 Å². The maximum atomic E-state index is 10.6. The second-order valence-electron chi connectivity index (χ2n) is 8.33. The molecule has 0 aromatic heterocycles. The molecule has 0 spiro atoms. The topological polar surface area (TPSA) is 53.0 Å². The second-order valence-corrected chi connectivity index (χ2v) is 9.14. The van der Waals surface area contributed by atoms with Gasteiger partial charge in [0.15, 0.2) is 0 Å². The van der Waals surface area contributed by atoms with E-state index in [2.05, 4.69) is 9.80 Å². The fraction of sp³-hybridized carbons (Fsp3) is 0.682. The average Bonchev–Trinajstić information content (AvgIpc) is 2.71. The molecule has 7 heteroatoms. The minimum atomic E-state index is -0.685. The Bertz CT molecular complexity index is 657. The van der Waals surface area contributed by atoms with Crippen LogP contribution >= 0.6 is 23.2 Å². The fourth-order valence-corrected chi connectivity index (χ4v) is 4.61. The van der Waals surface area contributed by atoms with E-state index in [-0.39, 0.29) is 6.10 Å². The lowest BCUT2D eigenvalue weighted by Gasteiger charge is -2.37. The lowest BCUT2D eigenvalue weighted by molar-refractivity contribution is -0.137. The standard InChI is InChI=1S/C22H32Cl2N2O3/c23-20-5-4-19(15-21(20)24)29-18-8-13-26(14-9-18)16-17-6-11-25(12-7-17)10-2-1-3-22(27)28/h4-5,15,17-18H,1-3,6-14,16H2,(H,27,28). The number of rotatable bonds is 9. The number of nitrogens with zero attached hydrogens (tertiary/aromatic N) is 2. The zero-order chi connectivity index (χ0) is 20.6. The third kappa shape index (κ3) is 7.63. The van der Waals surface area contributed by atoms with Gasteiger partial charge in [-0.25, -0.2) is 0 Å². The first-order valence-corrected chi connectivity index (χ1v) is 11.5. The molecule has 0 saturated carbocycles. The number of ether oxygens (including phenoxy) is 1. The highest BCUT2D eigenvalue weighted by atomic mass is 35.5. The minimum Gasteiger partial charge on any atom is -0.490 e. The molecule has 0 bridgehead atoms. The number of benzene rings is 1. The van der Waals surface area contributed by atoms with Crippen molar-refractivity contribution in [2.24, 2.45) is 5.92 Å². The van der Waals surface area contributed by atoms with Crippen molar-refractivity contribution < 1.29 is 14.6 Å².